The Morgan fingerprint density at radius 2 is 1.85 bits per heavy atom. The largest absolute Gasteiger partial charge is 0.496 e. The fourth-order valence-corrected chi connectivity index (χ4v) is 5.44. The summed E-state index contributed by atoms with van der Waals surface area (Å²) in [5.41, 5.74) is 0. The number of hydrogen-bond acceptors (Lipinski definition) is 4. The monoisotopic (exact) mass is 374 g/mol. The molecule has 0 bridgehead atoms. The number of ether oxygens (including phenoxy) is 1. The molecule has 1 heterocycles. The second kappa shape index (κ2) is 6.55. The molecular weight excluding hydrogens is 352 g/mol. The summed E-state index contributed by atoms with van der Waals surface area (Å²) in [5.74, 6) is 0.454. The van der Waals surface area contributed by atoms with Crippen LogP contribution < -0.4 is 10.1 Å². The van der Waals surface area contributed by atoms with Gasteiger partial charge in [0.1, 0.15) is 11.8 Å². The number of fused-ring (bicyclic) bond motifs is 1. The molecule has 1 amide bonds. The van der Waals surface area contributed by atoms with Crippen molar-refractivity contribution >= 4 is 26.7 Å². The van der Waals surface area contributed by atoms with E-state index in [-0.39, 0.29) is 16.8 Å². The number of methoxy groups -OCH3 is 1. The Kier molecular flexibility index (Phi) is 4.36. The summed E-state index contributed by atoms with van der Waals surface area (Å²) in [7, 11) is -2.22. The van der Waals surface area contributed by atoms with Gasteiger partial charge in [0, 0.05) is 23.4 Å². The molecule has 26 heavy (non-hydrogen) atoms. The van der Waals surface area contributed by atoms with Crippen LogP contribution in [0.2, 0.25) is 0 Å². The molecule has 6 nitrogen and oxygen atoms in total. The van der Waals surface area contributed by atoms with Crippen molar-refractivity contribution in [3.05, 3.63) is 36.4 Å². The number of amides is 1. The lowest BCUT2D eigenvalue weighted by Crippen LogP contribution is -2.46. The van der Waals surface area contributed by atoms with Crippen molar-refractivity contribution < 1.29 is 17.9 Å². The quantitative estimate of drug-likeness (QED) is 0.871. The fourth-order valence-electron chi connectivity index (χ4n) is 3.59. The van der Waals surface area contributed by atoms with E-state index >= 15 is 0 Å². The number of hydrogen-bond donors (Lipinski definition) is 1. The molecule has 4 rings (SSSR count). The lowest BCUT2D eigenvalue weighted by Gasteiger charge is -2.24. The van der Waals surface area contributed by atoms with Crippen LogP contribution in [0.5, 0.6) is 5.75 Å². The Balaban J connectivity index is 1.74. The van der Waals surface area contributed by atoms with E-state index in [1.165, 1.54) is 4.31 Å². The van der Waals surface area contributed by atoms with Gasteiger partial charge in [-0.3, -0.25) is 4.79 Å². The molecule has 0 spiro atoms. The van der Waals surface area contributed by atoms with Crippen LogP contribution in [0.4, 0.5) is 0 Å². The summed E-state index contributed by atoms with van der Waals surface area (Å²) in [6, 6.07) is 10.1. The molecule has 1 aliphatic carbocycles. The predicted molar refractivity (Wildman–Crippen MR) is 98.6 cm³/mol. The third-order valence-corrected chi connectivity index (χ3v) is 7.05. The van der Waals surface area contributed by atoms with Crippen molar-refractivity contribution in [3.8, 4) is 5.75 Å². The van der Waals surface area contributed by atoms with E-state index in [4.69, 9.17) is 4.74 Å². The van der Waals surface area contributed by atoms with E-state index in [2.05, 4.69) is 5.32 Å². The van der Waals surface area contributed by atoms with Gasteiger partial charge in [0.15, 0.2) is 0 Å². The highest BCUT2D eigenvalue weighted by molar-refractivity contribution is 7.89. The zero-order valence-corrected chi connectivity index (χ0v) is 15.5. The Morgan fingerprint density at radius 3 is 2.54 bits per heavy atom. The van der Waals surface area contributed by atoms with Gasteiger partial charge >= 0.3 is 0 Å². The minimum Gasteiger partial charge on any atom is -0.496 e. The minimum absolute atomic E-state index is 0.175. The van der Waals surface area contributed by atoms with E-state index in [9.17, 15) is 13.2 Å². The molecule has 1 aliphatic heterocycles. The third kappa shape index (κ3) is 2.95. The number of benzene rings is 2. The maximum Gasteiger partial charge on any atom is 0.244 e. The number of carbonyl (C=O) groups excluding carboxylic acids is 1. The second-order valence-corrected chi connectivity index (χ2v) is 8.73. The Labute approximate surface area is 153 Å². The Morgan fingerprint density at radius 1 is 1.12 bits per heavy atom. The van der Waals surface area contributed by atoms with Gasteiger partial charge in [0.25, 0.3) is 0 Å². The van der Waals surface area contributed by atoms with E-state index in [1.54, 1.807) is 25.3 Å². The molecule has 138 valence electrons. The fraction of sp³-hybridized carbons (Fsp3) is 0.421. The normalized spacial score (nSPS) is 21.0. The van der Waals surface area contributed by atoms with Gasteiger partial charge in [-0.15, -0.1) is 0 Å². The first-order valence-corrected chi connectivity index (χ1v) is 10.3. The van der Waals surface area contributed by atoms with Crippen molar-refractivity contribution in [2.24, 2.45) is 0 Å². The van der Waals surface area contributed by atoms with Crippen LogP contribution in [0.1, 0.15) is 25.7 Å². The van der Waals surface area contributed by atoms with Gasteiger partial charge in [0.05, 0.1) is 12.0 Å². The van der Waals surface area contributed by atoms with E-state index < -0.39 is 16.1 Å². The SMILES string of the molecule is COc1ccc(S(=O)(=O)N2CCCC2C(=O)NC2CC2)c2ccccc12. The van der Waals surface area contributed by atoms with Crippen LogP contribution in [0, 0.1) is 0 Å². The van der Waals surface area contributed by atoms with Gasteiger partial charge in [-0.2, -0.15) is 4.31 Å². The first-order valence-electron chi connectivity index (χ1n) is 8.90. The summed E-state index contributed by atoms with van der Waals surface area (Å²) in [5, 5.41) is 4.30. The van der Waals surface area contributed by atoms with Crippen molar-refractivity contribution in [3.63, 3.8) is 0 Å². The van der Waals surface area contributed by atoms with Crippen molar-refractivity contribution in [2.45, 2.75) is 42.7 Å². The standard InChI is InChI=1S/C19H22N2O4S/c1-25-17-10-11-18(15-6-3-2-5-14(15)17)26(23,24)21-12-4-7-16(21)19(22)20-13-8-9-13/h2-3,5-6,10-11,13,16H,4,7-9,12H2,1H3,(H,20,22). The van der Waals surface area contributed by atoms with Gasteiger partial charge in [-0.25, -0.2) is 8.42 Å². The number of carbonyl (C=O) groups is 1. The number of rotatable bonds is 5. The molecule has 1 saturated heterocycles. The number of sulfonamides is 1. The van der Waals surface area contributed by atoms with Crippen LogP contribution in [0.15, 0.2) is 41.3 Å². The van der Waals surface area contributed by atoms with Gasteiger partial charge < -0.3 is 10.1 Å². The molecule has 1 unspecified atom stereocenters. The zero-order chi connectivity index (χ0) is 18.3. The molecule has 7 heteroatoms. The van der Waals surface area contributed by atoms with Crippen LogP contribution in [-0.4, -0.2) is 44.4 Å². The molecule has 2 aromatic carbocycles. The topological polar surface area (TPSA) is 75.7 Å². The molecule has 2 aromatic rings. The first-order chi connectivity index (χ1) is 12.5. The summed E-state index contributed by atoms with van der Waals surface area (Å²) in [6.07, 6.45) is 3.21. The summed E-state index contributed by atoms with van der Waals surface area (Å²) < 4.78 is 33.5. The molecule has 2 fully saturated rings. The van der Waals surface area contributed by atoms with E-state index in [1.807, 2.05) is 18.2 Å². The zero-order valence-electron chi connectivity index (χ0n) is 14.6. The molecule has 1 N–H and O–H groups in total. The molecule has 2 aliphatic rings. The maximum atomic E-state index is 13.4. The number of nitrogens with zero attached hydrogens (tertiary/aromatic N) is 1. The predicted octanol–water partition coefficient (Wildman–Crippen LogP) is 2.28. The number of nitrogens with one attached hydrogen (secondary N) is 1. The summed E-state index contributed by atoms with van der Waals surface area (Å²) >= 11 is 0. The summed E-state index contributed by atoms with van der Waals surface area (Å²) in [4.78, 5) is 12.7. The van der Waals surface area contributed by atoms with Crippen LogP contribution in [0.25, 0.3) is 10.8 Å². The lowest BCUT2D eigenvalue weighted by molar-refractivity contribution is -0.124. The lowest BCUT2D eigenvalue weighted by atomic mass is 10.1. The second-order valence-electron chi connectivity index (χ2n) is 6.87. The Bertz CT molecular complexity index is 953. The molecule has 1 saturated carbocycles. The van der Waals surface area contributed by atoms with Gasteiger partial charge in [-0.1, -0.05) is 24.3 Å². The van der Waals surface area contributed by atoms with Crippen LogP contribution in [-0.2, 0) is 14.8 Å². The molecular formula is C19H22N2O4S. The highest BCUT2D eigenvalue weighted by atomic mass is 32.2. The molecule has 0 radical (unpaired) electrons. The maximum absolute atomic E-state index is 13.4. The average molecular weight is 374 g/mol. The van der Waals surface area contributed by atoms with E-state index in [0.717, 1.165) is 18.2 Å². The minimum atomic E-state index is -3.78. The van der Waals surface area contributed by atoms with E-state index in [0.29, 0.717) is 30.5 Å². The van der Waals surface area contributed by atoms with Crippen molar-refractivity contribution in [2.75, 3.05) is 13.7 Å². The van der Waals surface area contributed by atoms with Crippen LogP contribution in [0.3, 0.4) is 0 Å². The van der Waals surface area contributed by atoms with Crippen molar-refractivity contribution in [1.29, 1.82) is 0 Å². The first kappa shape index (κ1) is 17.3. The van der Waals surface area contributed by atoms with Crippen molar-refractivity contribution in [1.82, 2.24) is 9.62 Å². The molecule has 1 atom stereocenters. The average Bonchev–Trinajstić information content (AvgIpc) is 3.31. The summed E-state index contributed by atoms with van der Waals surface area (Å²) in [6.45, 7) is 0.367. The third-order valence-electron chi connectivity index (χ3n) is 5.08. The van der Waals surface area contributed by atoms with Gasteiger partial charge in [0.2, 0.25) is 15.9 Å². The highest BCUT2D eigenvalue weighted by Gasteiger charge is 2.41. The smallest absolute Gasteiger partial charge is 0.244 e. The van der Waals surface area contributed by atoms with Crippen LogP contribution >= 0.6 is 0 Å². The highest BCUT2D eigenvalue weighted by Crippen LogP contribution is 2.35. The Hall–Kier alpha value is -2.12. The van der Waals surface area contributed by atoms with Gasteiger partial charge in [-0.05, 0) is 37.8 Å². The molecule has 0 aromatic heterocycles.